The third kappa shape index (κ3) is 5.85. The molecule has 1 saturated carbocycles. The molecular formula is C22H24Cl2F3N5O. The van der Waals surface area contributed by atoms with Crippen LogP contribution >= 0.6 is 24.8 Å². The highest BCUT2D eigenvalue weighted by molar-refractivity contribution is 5.97. The normalized spacial score (nSPS) is 15.8. The van der Waals surface area contributed by atoms with Crippen molar-refractivity contribution in [3.8, 4) is 0 Å². The zero-order valence-electron chi connectivity index (χ0n) is 17.4. The molecule has 1 unspecified atom stereocenters. The van der Waals surface area contributed by atoms with Crippen molar-refractivity contribution in [3.63, 3.8) is 0 Å². The van der Waals surface area contributed by atoms with Crippen LogP contribution in [0.3, 0.4) is 0 Å². The highest BCUT2D eigenvalue weighted by atomic mass is 35.5. The summed E-state index contributed by atoms with van der Waals surface area (Å²) >= 11 is 0. The fraction of sp³-hybridized carbons (Fsp3) is 0.318. The number of pyridine rings is 1. The molecule has 1 fully saturated rings. The molecule has 0 radical (unpaired) electrons. The summed E-state index contributed by atoms with van der Waals surface area (Å²) in [7, 11) is 0. The van der Waals surface area contributed by atoms with E-state index >= 15 is 0 Å². The Morgan fingerprint density at radius 3 is 2.64 bits per heavy atom. The number of aromatic nitrogens is 3. The Bertz CT molecular complexity index is 1110. The topological polar surface area (TPSA) is 96.7 Å². The summed E-state index contributed by atoms with van der Waals surface area (Å²) in [6.07, 6.45) is 1.58. The summed E-state index contributed by atoms with van der Waals surface area (Å²) in [4.78, 5) is 16.4. The lowest BCUT2D eigenvalue weighted by atomic mass is 9.89. The van der Waals surface area contributed by atoms with Crippen LogP contribution in [0.5, 0.6) is 0 Å². The molecule has 4 N–H and O–H groups in total. The van der Waals surface area contributed by atoms with E-state index in [9.17, 15) is 18.0 Å². The van der Waals surface area contributed by atoms with Crippen LogP contribution in [0, 0.1) is 5.41 Å². The van der Waals surface area contributed by atoms with E-state index < -0.39 is 17.5 Å². The lowest BCUT2D eigenvalue weighted by Crippen LogP contribution is -2.38. The number of benzene rings is 1. The van der Waals surface area contributed by atoms with Gasteiger partial charge in [0.05, 0.1) is 17.1 Å². The number of hydrogen-bond acceptors (Lipinski definition) is 4. The van der Waals surface area contributed by atoms with Crippen molar-refractivity contribution in [1.29, 1.82) is 0 Å². The molecule has 1 aromatic carbocycles. The second-order valence-corrected chi connectivity index (χ2v) is 7.88. The van der Waals surface area contributed by atoms with Crippen LogP contribution in [0.4, 0.5) is 13.2 Å². The third-order valence-corrected chi connectivity index (χ3v) is 5.60. The molecule has 0 saturated heterocycles. The quantitative estimate of drug-likeness (QED) is 0.422. The molecule has 1 atom stereocenters. The second-order valence-electron chi connectivity index (χ2n) is 7.88. The molecule has 4 rings (SSSR count). The van der Waals surface area contributed by atoms with Gasteiger partial charge < -0.3 is 11.1 Å². The van der Waals surface area contributed by atoms with Crippen molar-refractivity contribution in [2.24, 2.45) is 11.1 Å². The van der Waals surface area contributed by atoms with E-state index in [1.54, 1.807) is 12.3 Å². The van der Waals surface area contributed by atoms with Crippen molar-refractivity contribution in [3.05, 3.63) is 66.1 Å². The van der Waals surface area contributed by atoms with E-state index in [-0.39, 0.29) is 55.8 Å². The van der Waals surface area contributed by atoms with Crippen molar-refractivity contribution in [2.75, 3.05) is 6.54 Å². The number of carbonyl (C=O) groups is 1. The van der Waals surface area contributed by atoms with E-state index in [1.807, 2.05) is 18.2 Å². The number of carbonyl (C=O) groups excluding carboxylic acids is 1. The summed E-state index contributed by atoms with van der Waals surface area (Å²) in [5, 5.41) is 10.4. The molecule has 3 aromatic rings. The molecular weight excluding hydrogens is 478 g/mol. The molecule has 6 nitrogen and oxygen atoms in total. The minimum atomic E-state index is -4.43. The van der Waals surface area contributed by atoms with Gasteiger partial charge in [0.1, 0.15) is 0 Å². The number of nitrogens with one attached hydrogen (secondary N) is 2. The molecule has 0 spiro atoms. The number of nitrogens with two attached hydrogens (primary N) is 1. The first-order chi connectivity index (χ1) is 14.8. The number of nitrogens with zero attached hydrogens (tertiary/aromatic N) is 2. The summed E-state index contributed by atoms with van der Waals surface area (Å²) in [6, 6.07) is 8.49. The molecule has 1 aliphatic rings. The minimum Gasteiger partial charge on any atom is -0.351 e. The highest BCUT2D eigenvalue weighted by Gasteiger charge is 2.65. The van der Waals surface area contributed by atoms with Gasteiger partial charge in [-0.1, -0.05) is 12.1 Å². The first-order valence-electron chi connectivity index (χ1n) is 9.93. The lowest BCUT2D eigenvalue weighted by molar-refractivity contribution is -0.168. The van der Waals surface area contributed by atoms with Crippen LogP contribution in [-0.2, 0) is 11.2 Å². The number of aromatic amines is 1. The van der Waals surface area contributed by atoms with Crippen molar-refractivity contribution < 1.29 is 18.0 Å². The average Bonchev–Trinajstić information content (AvgIpc) is 3.43. The van der Waals surface area contributed by atoms with E-state index in [0.29, 0.717) is 12.0 Å². The smallest absolute Gasteiger partial charge is 0.351 e. The number of fused-ring (bicyclic) bond motifs is 1. The number of rotatable bonds is 7. The summed E-state index contributed by atoms with van der Waals surface area (Å²) in [5.74, 6) is -0.602. The van der Waals surface area contributed by atoms with Gasteiger partial charge in [0.2, 0.25) is 5.91 Å². The van der Waals surface area contributed by atoms with E-state index in [4.69, 9.17) is 5.73 Å². The van der Waals surface area contributed by atoms with Gasteiger partial charge in [-0.2, -0.15) is 18.3 Å². The highest BCUT2D eigenvalue weighted by Crippen LogP contribution is 2.64. The number of halogens is 5. The van der Waals surface area contributed by atoms with Crippen LogP contribution in [0.1, 0.15) is 24.0 Å². The van der Waals surface area contributed by atoms with Crippen LogP contribution in [-0.4, -0.2) is 39.9 Å². The van der Waals surface area contributed by atoms with Crippen LogP contribution in [0.15, 0.2) is 55.0 Å². The third-order valence-electron chi connectivity index (χ3n) is 5.60. The van der Waals surface area contributed by atoms with E-state index in [0.717, 1.165) is 22.5 Å². The lowest BCUT2D eigenvalue weighted by Gasteiger charge is -2.23. The van der Waals surface area contributed by atoms with Gasteiger partial charge in [-0.25, -0.2) is 0 Å². The standard InChI is InChI=1S/C22H22F3N5O.2ClH/c23-22(24,25)21(5-6-21)18(15-2-1-7-27-11-15)10-20(31)28-13-17(26)9-14-3-4-19-16(8-14)12-29-30-19;;/h1-4,7-8,10-12,17H,5-6,9,13,26H2,(H,28,31)(H,29,30);2*1H. The van der Waals surface area contributed by atoms with Crippen LogP contribution in [0.25, 0.3) is 16.5 Å². The molecule has 0 aliphatic heterocycles. The zero-order chi connectivity index (χ0) is 22.1. The molecule has 11 heteroatoms. The maximum Gasteiger partial charge on any atom is 0.398 e. The van der Waals surface area contributed by atoms with Crippen LogP contribution in [0.2, 0.25) is 0 Å². The fourth-order valence-electron chi connectivity index (χ4n) is 3.76. The maximum atomic E-state index is 13.7. The number of H-pyrrole nitrogens is 1. The Labute approximate surface area is 201 Å². The zero-order valence-corrected chi connectivity index (χ0v) is 19.1. The molecule has 0 bridgehead atoms. The Morgan fingerprint density at radius 2 is 2.00 bits per heavy atom. The fourth-order valence-corrected chi connectivity index (χ4v) is 3.76. The van der Waals surface area contributed by atoms with Gasteiger partial charge in [0.25, 0.3) is 0 Å². The molecule has 2 heterocycles. The van der Waals surface area contributed by atoms with Gasteiger partial charge in [-0.05, 0) is 54.2 Å². The predicted octanol–water partition coefficient (Wildman–Crippen LogP) is 4.21. The molecule has 1 amide bonds. The number of allylic oxidation sites excluding steroid dienone is 1. The Balaban J connectivity index is 0.00000193. The number of alkyl halides is 3. The Kier molecular flexibility index (Phi) is 8.51. The Hall–Kier alpha value is -2.62. The van der Waals surface area contributed by atoms with Gasteiger partial charge in [0.15, 0.2) is 0 Å². The Morgan fingerprint density at radius 1 is 1.24 bits per heavy atom. The maximum absolute atomic E-state index is 13.7. The molecule has 1 aliphatic carbocycles. The molecule has 33 heavy (non-hydrogen) atoms. The summed E-state index contributed by atoms with van der Waals surface area (Å²) < 4.78 is 41.1. The van der Waals surface area contributed by atoms with Crippen molar-refractivity contribution in [2.45, 2.75) is 31.5 Å². The van der Waals surface area contributed by atoms with E-state index in [1.165, 1.54) is 18.5 Å². The number of amides is 1. The second kappa shape index (κ2) is 10.5. The molecule has 178 valence electrons. The first-order valence-corrected chi connectivity index (χ1v) is 9.93. The van der Waals surface area contributed by atoms with Gasteiger partial charge in [0, 0.05) is 36.4 Å². The minimum absolute atomic E-state index is 0. The van der Waals surface area contributed by atoms with Crippen molar-refractivity contribution >= 4 is 47.2 Å². The summed E-state index contributed by atoms with van der Waals surface area (Å²) in [5.41, 5.74) is 6.29. The van der Waals surface area contributed by atoms with Gasteiger partial charge in [-0.3, -0.25) is 14.9 Å². The largest absolute Gasteiger partial charge is 0.398 e. The van der Waals surface area contributed by atoms with E-state index in [2.05, 4.69) is 20.5 Å². The molecule has 2 aromatic heterocycles. The van der Waals surface area contributed by atoms with Crippen LogP contribution < -0.4 is 11.1 Å². The SMILES string of the molecule is Cl.Cl.NC(CNC(=O)C=C(c1cccnc1)C1(C(F)(F)F)CC1)Cc1ccc2[nH]ncc2c1. The van der Waals surface area contributed by atoms with Gasteiger partial charge in [-0.15, -0.1) is 24.8 Å². The first kappa shape index (κ1) is 26.6. The predicted molar refractivity (Wildman–Crippen MR) is 125 cm³/mol. The average molecular weight is 502 g/mol. The monoisotopic (exact) mass is 501 g/mol. The van der Waals surface area contributed by atoms with Gasteiger partial charge >= 0.3 is 6.18 Å². The summed E-state index contributed by atoms with van der Waals surface area (Å²) in [6.45, 7) is 0.137. The number of hydrogen-bond donors (Lipinski definition) is 3. The van der Waals surface area contributed by atoms with Crippen molar-refractivity contribution in [1.82, 2.24) is 20.5 Å².